The molecule has 0 radical (unpaired) electrons. The lowest BCUT2D eigenvalue weighted by atomic mass is 9.93. The minimum Gasteiger partial charge on any atom is -0.399 e. The van der Waals surface area contributed by atoms with Crippen LogP contribution < -0.4 is 11.1 Å². The van der Waals surface area contributed by atoms with Gasteiger partial charge in [0.15, 0.2) is 0 Å². The van der Waals surface area contributed by atoms with Crippen molar-refractivity contribution in [3.63, 3.8) is 0 Å². The summed E-state index contributed by atoms with van der Waals surface area (Å²) in [6, 6.07) is 9.05. The molecule has 0 fully saturated rings. The summed E-state index contributed by atoms with van der Waals surface area (Å²) < 4.78 is 27.0. The number of nitrogens with two attached hydrogens (primary N) is 1. The highest BCUT2D eigenvalue weighted by Crippen LogP contribution is 2.29. The Morgan fingerprint density at radius 2 is 2.08 bits per heavy atom. The molecule has 0 aliphatic carbocycles. The van der Waals surface area contributed by atoms with Crippen molar-refractivity contribution in [3.05, 3.63) is 59.2 Å². The van der Waals surface area contributed by atoms with Gasteiger partial charge < -0.3 is 11.1 Å². The Kier molecular flexibility index (Phi) is 4.99. The lowest BCUT2D eigenvalue weighted by Gasteiger charge is -2.35. The minimum absolute atomic E-state index is 0.0949. The molecule has 3 N–H and O–H groups in total. The van der Waals surface area contributed by atoms with Gasteiger partial charge in [-0.05, 0) is 54.8 Å². The van der Waals surface area contributed by atoms with E-state index in [9.17, 15) is 13.6 Å². The first kappa shape index (κ1) is 17.4. The molecular weight excluding hydrogens is 324 g/mol. The van der Waals surface area contributed by atoms with Crippen LogP contribution in [0, 0.1) is 11.6 Å². The normalized spacial score (nSPS) is 17.2. The average molecular weight is 345 g/mol. The van der Waals surface area contributed by atoms with Crippen molar-refractivity contribution in [2.45, 2.75) is 25.8 Å². The van der Waals surface area contributed by atoms with Crippen molar-refractivity contribution >= 4 is 17.3 Å². The molecule has 1 aliphatic heterocycles. The van der Waals surface area contributed by atoms with E-state index in [2.05, 4.69) is 10.2 Å². The molecule has 2 aromatic carbocycles. The Balaban J connectivity index is 1.59. The Labute approximate surface area is 145 Å². The fourth-order valence-corrected chi connectivity index (χ4v) is 3.25. The number of fused-ring (bicyclic) bond motifs is 1. The molecule has 0 spiro atoms. The molecule has 1 amide bonds. The van der Waals surface area contributed by atoms with Crippen molar-refractivity contribution in [3.8, 4) is 0 Å². The van der Waals surface area contributed by atoms with Crippen LogP contribution in [0.4, 0.5) is 20.2 Å². The van der Waals surface area contributed by atoms with E-state index in [4.69, 9.17) is 5.73 Å². The average Bonchev–Trinajstić information content (AvgIpc) is 2.57. The summed E-state index contributed by atoms with van der Waals surface area (Å²) in [5.74, 6) is -0.991. The SMILES string of the molecule is C[C@@H]1c2ccc(F)cc2CCN1CCC(=O)Nc1cc(N)ccc1F. The van der Waals surface area contributed by atoms with Crippen LogP contribution in [0.1, 0.15) is 30.5 Å². The van der Waals surface area contributed by atoms with Gasteiger partial charge in [-0.25, -0.2) is 8.78 Å². The molecule has 1 atom stereocenters. The van der Waals surface area contributed by atoms with E-state index in [0.29, 0.717) is 12.2 Å². The predicted octanol–water partition coefficient (Wildman–Crippen LogP) is 3.49. The summed E-state index contributed by atoms with van der Waals surface area (Å²) in [6.07, 6.45) is 0.998. The standard InChI is InChI=1S/C19H21F2N3O/c1-12-16-4-2-14(20)10-13(16)6-8-24(12)9-7-19(25)23-18-11-15(22)3-5-17(18)21/h2-5,10-12H,6-9,22H2,1H3,(H,23,25)/t12-/m1/s1. The highest BCUT2D eigenvalue weighted by atomic mass is 19.1. The van der Waals surface area contributed by atoms with E-state index in [-0.39, 0.29) is 29.9 Å². The summed E-state index contributed by atoms with van der Waals surface area (Å²) in [5.41, 5.74) is 8.22. The number of rotatable bonds is 4. The summed E-state index contributed by atoms with van der Waals surface area (Å²) in [7, 11) is 0. The Hall–Kier alpha value is -2.47. The van der Waals surface area contributed by atoms with Crippen molar-refractivity contribution in [2.24, 2.45) is 0 Å². The van der Waals surface area contributed by atoms with Crippen LogP contribution in [0.15, 0.2) is 36.4 Å². The number of hydrogen-bond acceptors (Lipinski definition) is 3. The van der Waals surface area contributed by atoms with Gasteiger partial charge in [-0.2, -0.15) is 0 Å². The number of amides is 1. The van der Waals surface area contributed by atoms with Gasteiger partial charge in [0.25, 0.3) is 0 Å². The first-order valence-corrected chi connectivity index (χ1v) is 8.31. The van der Waals surface area contributed by atoms with Crippen LogP contribution in [-0.4, -0.2) is 23.9 Å². The number of nitrogens with zero attached hydrogens (tertiary/aromatic N) is 1. The third-order valence-electron chi connectivity index (χ3n) is 4.66. The number of benzene rings is 2. The molecule has 0 saturated heterocycles. The van der Waals surface area contributed by atoms with Gasteiger partial charge in [-0.15, -0.1) is 0 Å². The third-order valence-corrected chi connectivity index (χ3v) is 4.66. The van der Waals surface area contributed by atoms with Crippen molar-refractivity contribution in [2.75, 3.05) is 24.1 Å². The van der Waals surface area contributed by atoms with Gasteiger partial charge in [-0.1, -0.05) is 6.07 Å². The highest BCUT2D eigenvalue weighted by Gasteiger charge is 2.24. The lowest BCUT2D eigenvalue weighted by Crippen LogP contribution is -2.36. The van der Waals surface area contributed by atoms with Gasteiger partial charge in [0.1, 0.15) is 11.6 Å². The van der Waals surface area contributed by atoms with Gasteiger partial charge in [0, 0.05) is 31.2 Å². The van der Waals surface area contributed by atoms with E-state index in [0.717, 1.165) is 24.1 Å². The number of anilines is 2. The number of hydrogen-bond donors (Lipinski definition) is 2. The zero-order chi connectivity index (χ0) is 18.0. The second kappa shape index (κ2) is 7.19. The summed E-state index contributed by atoms with van der Waals surface area (Å²) in [5, 5.41) is 2.56. The van der Waals surface area contributed by atoms with Crippen LogP contribution >= 0.6 is 0 Å². The Morgan fingerprint density at radius 1 is 1.28 bits per heavy atom. The summed E-state index contributed by atoms with van der Waals surface area (Å²) in [6.45, 7) is 3.36. The van der Waals surface area contributed by atoms with Crippen molar-refractivity contribution in [1.82, 2.24) is 4.90 Å². The number of nitrogens with one attached hydrogen (secondary N) is 1. The van der Waals surface area contributed by atoms with Crippen molar-refractivity contribution in [1.29, 1.82) is 0 Å². The molecule has 6 heteroatoms. The van der Waals surface area contributed by atoms with E-state index < -0.39 is 5.82 Å². The van der Waals surface area contributed by atoms with Crippen molar-refractivity contribution < 1.29 is 13.6 Å². The topological polar surface area (TPSA) is 58.4 Å². The van der Waals surface area contributed by atoms with Gasteiger partial charge in [0.2, 0.25) is 5.91 Å². The molecule has 25 heavy (non-hydrogen) atoms. The lowest BCUT2D eigenvalue weighted by molar-refractivity contribution is -0.116. The third kappa shape index (κ3) is 3.96. The quantitative estimate of drug-likeness (QED) is 0.834. The first-order chi connectivity index (χ1) is 11.9. The van der Waals surface area contributed by atoms with Crippen LogP contribution in [0.3, 0.4) is 0 Å². The van der Waals surface area contributed by atoms with Gasteiger partial charge in [0.05, 0.1) is 5.69 Å². The second-order valence-electron chi connectivity index (χ2n) is 6.34. The summed E-state index contributed by atoms with van der Waals surface area (Å²) >= 11 is 0. The van der Waals surface area contributed by atoms with E-state index in [1.807, 2.05) is 13.0 Å². The maximum absolute atomic E-state index is 13.7. The molecule has 0 bridgehead atoms. The van der Waals surface area contributed by atoms with Crippen LogP contribution in [0.5, 0.6) is 0 Å². The largest absolute Gasteiger partial charge is 0.399 e. The number of halogens is 2. The van der Waals surface area contributed by atoms with Gasteiger partial charge in [-0.3, -0.25) is 9.69 Å². The fraction of sp³-hybridized carbons (Fsp3) is 0.316. The van der Waals surface area contributed by atoms with Crippen LogP contribution in [0.2, 0.25) is 0 Å². The molecule has 4 nitrogen and oxygen atoms in total. The zero-order valence-corrected chi connectivity index (χ0v) is 14.1. The zero-order valence-electron chi connectivity index (χ0n) is 14.1. The summed E-state index contributed by atoms with van der Waals surface area (Å²) in [4.78, 5) is 14.3. The molecule has 0 saturated carbocycles. The smallest absolute Gasteiger partial charge is 0.225 e. The Bertz CT molecular complexity index is 794. The first-order valence-electron chi connectivity index (χ1n) is 8.31. The van der Waals surface area contributed by atoms with E-state index in [1.54, 1.807) is 6.07 Å². The fourth-order valence-electron chi connectivity index (χ4n) is 3.25. The molecule has 1 aliphatic rings. The highest BCUT2D eigenvalue weighted by molar-refractivity contribution is 5.91. The maximum Gasteiger partial charge on any atom is 0.225 e. The predicted molar refractivity (Wildman–Crippen MR) is 94.2 cm³/mol. The second-order valence-corrected chi connectivity index (χ2v) is 6.34. The van der Waals surface area contributed by atoms with E-state index >= 15 is 0 Å². The molecule has 0 unspecified atom stereocenters. The number of carbonyl (C=O) groups is 1. The van der Waals surface area contributed by atoms with Gasteiger partial charge >= 0.3 is 0 Å². The Morgan fingerprint density at radius 3 is 2.88 bits per heavy atom. The van der Waals surface area contributed by atoms with E-state index in [1.165, 1.54) is 24.3 Å². The molecule has 1 heterocycles. The minimum atomic E-state index is -0.509. The molecule has 0 aromatic heterocycles. The number of nitrogen functional groups attached to an aromatic ring is 1. The molecule has 2 aromatic rings. The molecular formula is C19H21F2N3O. The molecule has 132 valence electrons. The maximum atomic E-state index is 13.7. The number of carbonyl (C=O) groups excluding carboxylic acids is 1. The molecule has 3 rings (SSSR count). The van der Waals surface area contributed by atoms with Crippen LogP contribution in [0.25, 0.3) is 0 Å². The monoisotopic (exact) mass is 345 g/mol. The van der Waals surface area contributed by atoms with Crippen LogP contribution in [-0.2, 0) is 11.2 Å².